The van der Waals surface area contributed by atoms with Crippen LogP contribution in [0.25, 0.3) is 10.2 Å². The van der Waals surface area contributed by atoms with E-state index in [1.807, 2.05) is 41.9 Å². The number of rotatable bonds is 6. The summed E-state index contributed by atoms with van der Waals surface area (Å²) >= 11 is 7.39. The summed E-state index contributed by atoms with van der Waals surface area (Å²) in [5, 5.41) is 9.22. The number of halogens is 1. The van der Waals surface area contributed by atoms with Crippen molar-refractivity contribution in [3.63, 3.8) is 0 Å². The number of hydrogen-bond acceptors (Lipinski definition) is 5. The maximum Gasteiger partial charge on any atom is 0.265 e. The molecular weight excluding hydrogens is 422 g/mol. The van der Waals surface area contributed by atoms with Gasteiger partial charge >= 0.3 is 0 Å². The topological polar surface area (TPSA) is 65.4 Å². The molecular formula is C22H20ClN3O3S. The molecule has 0 fully saturated rings. The zero-order valence-electron chi connectivity index (χ0n) is 16.7. The van der Waals surface area contributed by atoms with Crippen LogP contribution in [0.2, 0.25) is 5.02 Å². The summed E-state index contributed by atoms with van der Waals surface area (Å²) in [5.74, 6) is 0.996. The number of aromatic nitrogens is 2. The molecule has 0 aliphatic carbocycles. The van der Waals surface area contributed by atoms with E-state index in [2.05, 4.69) is 10.4 Å². The Bertz CT molecular complexity index is 1210. The summed E-state index contributed by atoms with van der Waals surface area (Å²) in [4.78, 5) is 14.4. The minimum Gasteiger partial charge on any atom is -0.497 e. The Labute approximate surface area is 183 Å². The number of methoxy groups -OCH3 is 2. The van der Waals surface area contributed by atoms with Gasteiger partial charge in [0.15, 0.2) is 0 Å². The van der Waals surface area contributed by atoms with Gasteiger partial charge in [0.2, 0.25) is 0 Å². The van der Waals surface area contributed by atoms with Crippen molar-refractivity contribution in [3.8, 4) is 11.5 Å². The third kappa shape index (κ3) is 3.99. The molecule has 0 saturated carbocycles. The van der Waals surface area contributed by atoms with E-state index in [1.54, 1.807) is 32.4 Å². The van der Waals surface area contributed by atoms with Gasteiger partial charge in [0.05, 0.1) is 37.0 Å². The van der Waals surface area contributed by atoms with Gasteiger partial charge < -0.3 is 14.8 Å². The SMILES string of the molecule is COc1ccc(NC(=O)c2cc3c(C)nn(Cc4ccc(Cl)cc4)c3s2)c(OC)c1. The second-order valence-corrected chi connectivity index (χ2v) is 8.19. The molecule has 4 rings (SSSR count). The molecule has 0 radical (unpaired) electrons. The van der Waals surface area contributed by atoms with Gasteiger partial charge in [-0.1, -0.05) is 23.7 Å². The van der Waals surface area contributed by atoms with E-state index in [1.165, 1.54) is 11.3 Å². The molecule has 30 heavy (non-hydrogen) atoms. The van der Waals surface area contributed by atoms with Crippen LogP contribution >= 0.6 is 22.9 Å². The molecule has 0 unspecified atom stereocenters. The van der Waals surface area contributed by atoms with Crippen molar-refractivity contribution in [3.05, 3.63) is 69.7 Å². The number of fused-ring (bicyclic) bond motifs is 1. The molecule has 0 aliphatic rings. The average Bonchev–Trinajstić information content (AvgIpc) is 3.31. The van der Waals surface area contributed by atoms with Crippen molar-refractivity contribution in [2.75, 3.05) is 19.5 Å². The lowest BCUT2D eigenvalue weighted by atomic mass is 10.2. The molecule has 6 nitrogen and oxygen atoms in total. The molecule has 0 spiro atoms. The van der Waals surface area contributed by atoms with Gasteiger partial charge in [0, 0.05) is 16.5 Å². The van der Waals surface area contributed by atoms with Gasteiger partial charge in [-0.2, -0.15) is 5.10 Å². The highest BCUT2D eigenvalue weighted by molar-refractivity contribution is 7.20. The molecule has 1 amide bonds. The molecule has 2 heterocycles. The minimum absolute atomic E-state index is 0.197. The lowest BCUT2D eigenvalue weighted by molar-refractivity contribution is 0.103. The number of ether oxygens (including phenoxy) is 2. The van der Waals surface area contributed by atoms with Gasteiger partial charge in [0.1, 0.15) is 16.3 Å². The van der Waals surface area contributed by atoms with E-state index in [0.29, 0.717) is 33.6 Å². The van der Waals surface area contributed by atoms with Crippen molar-refractivity contribution >= 4 is 44.7 Å². The van der Waals surface area contributed by atoms with Gasteiger partial charge in [-0.25, -0.2) is 0 Å². The number of carbonyl (C=O) groups excluding carboxylic acids is 1. The van der Waals surface area contributed by atoms with Gasteiger partial charge in [-0.3, -0.25) is 9.48 Å². The summed E-state index contributed by atoms with van der Waals surface area (Å²) in [6.07, 6.45) is 0. The molecule has 1 N–H and O–H groups in total. The number of hydrogen-bond donors (Lipinski definition) is 1. The van der Waals surface area contributed by atoms with Gasteiger partial charge in [-0.05, 0) is 42.8 Å². The van der Waals surface area contributed by atoms with Crippen LogP contribution in [0.15, 0.2) is 48.5 Å². The molecule has 0 aliphatic heterocycles. The quantitative estimate of drug-likeness (QED) is 0.436. The molecule has 0 atom stereocenters. The first kappa shape index (κ1) is 20.3. The number of nitrogens with one attached hydrogen (secondary N) is 1. The third-order valence-electron chi connectivity index (χ3n) is 4.73. The monoisotopic (exact) mass is 441 g/mol. The fraction of sp³-hybridized carbons (Fsp3) is 0.182. The lowest BCUT2D eigenvalue weighted by Crippen LogP contribution is -2.11. The second-order valence-electron chi connectivity index (χ2n) is 6.72. The first-order valence-corrected chi connectivity index (χ1v) is 10.4. The lowest BCUT2D eigenvalue weighted by Gasteiger charge is -2.11. The average molecular weight is 442 g/mol. The van der Waals surface area contributed by atoms with Crippen LogP contribution < -0.4 is 14.8 Å². The predicted octanol–water partition coefficient (Wildman–Crippen LogP) is 5.38. The molecule has 4 aromatic rings. The highest BCUT2D eigenvalue weighted by atomic mass is 35.5. The first-order chi connectivity index (χ1) is 14.5. The Hall–Kier alpha value is -3.03. The molecule has 0 bridgehead atoms. The van der Waals surface area contributed by atoms with E-state index in [0.717, 1.165) is 21.5 Å². The molecule has 154 valence electrons. The maximum atomic E-state index is 12.9. The van der Waals surface area contributed by atoms with Crippen molar-refractivity contribution in [1.29, 1.82) is 0 Å². The summed E-state index contributed by atoms with van der Waals surface area (Å²) in [6.45, 7) is 2.55. The smallest absolute Gasteiger partial charge is 0.265 e. The number of benzene rings is 2. The Kier molecular flexibility index (Phi) is 5.65. The van der Waals surface area contributed by atoms with Crippen LogP contribution in [0, 0.1) is 6.92 Å². The molecule has 0 saturated heterocycles. The van der Waals surface area contributed by atoms with Crippen LogP contribution in [0.1, 0.15) is 20.9 Å². The third-order valence-corrected chi connectivity index (χ3v) is 6.13. The fourth-order valence-electron chi connectivity index (χ4n) is 3.18. The Morgan fingerprint density at radius 2 is 1.90 bits per heavy atom. The predicted molar refractivity (Wildman–Crippen MR) is 120 cm³/mol. The fourth-order valence-corrected chi connectivity index (χ4v) is 4.36. The van der Waals surface area contributed by atoms with Crippen LogP contribution in [0.4, 0.5) is 5.69 Å². The van der Waals surface area contributed by atoms with Crippen LogP contribution in [0.3, 0.4) is 0 Å². The van der Waals surface area contributed by atoms with E-state index in [4.69, 9.17) is 21.1 Å². The molecule has 2 aromatic carbocycles. The van der Waals surface area contributed by atoms with Crippen LogP contribution in [-0.4, -0.2) is 29.9 Å². The van der Waals surface area contributed by atoms with E-state index in [9.17, 15) is 4.79 Å². The number of thiophene rings is 1. The first-order valence-electron chi connectivity index (χ1n) is 9.23. The van der Waals surface area contributed by atoms with Crippen molar-refractivity contribution in [2.45, 2.75) is 13.5 Å². The van der Waals surface area contributed by atoms with E-state index in [-0.39, 0.29) is 5.91 Å². The van der Waals surface area contributed by atoms with Crippen LogP contribution in [-0.2, 0) is 6.54 Å². The Morgan fingerprint density at radius 3 is 2.60 bits per heavy atom. The largest absolute Gasteiger partial charge is 0.497 e. The van der Waals surface area contributed by atoms with Crippen molar-refractivity contribution in [1.82, 2.24) is 9.78 Å². The molecule has 2 aromatic heterocycles. The number of aryl methyl sites for hydroxylation is 1. The second kappa shape index (κ2) is 8.38. The summed E-state index contributed by atoms with van der Waals surface area (Å²) in [6, 6.07) is 14.8. The number of nitrogens with zero attached hydrogens (tertiary/aromatic N) is 2. The Balaban J connectivity index is 1.60. The summed E-state index contributed by atoms with van der Waals surface area (Å²) in [5.41, 5.74) is 2.56. The molecule has 8 heteroatoms. The van der Waals surface area contributed by atoms with E-state index < -0.39 is 0 Å². The van der Waals surface area contributed by atoms with Crippen molar-refractivity contribution < 1.29 is 14.3 Å². The van der Waals surface area contributed by atoms with Gasteiger partial charge in [-0.15, -0.1) is 11.3 Å². The Morgan fingerprint density at radius 1 is 1.13 bits per heavy atom. The summed E-state index contributed by atoms with van der Waals surface area (Å²) in [7, 11) is 3.14. The highest BCUT2D eigenvalue weighted by Crippen LogP contribution is 2.32. The van der Waals surface area contributed by atoms with Crippen LogP contribution in [0.5, 0.6) is 11.5 Å². The van der Waals surface area contributed by atoms with Gasteiger partial charge in [0.25, 0.3) is 5.91 Å². The summed E-state index contributed by atoms with van der Waals surface area (Å²) < 4.78 is 12.5. The highest BCUT2D eigenvalue weighted by Gasteiger charge is 2.18. The number of carbonyl (C=O) groups is 1. The maximum absolute atomic E-state index is 12.9. The minimum atomic E-state index is -0.197. The number of amides is 1. The zero-order chi connectivity index (χ0) is 21.3. The zero-order valence-corrected chi connectivity index (χ0v) is 18.3. The normalized spacial score (nSPS) is 10.9. The van der Waals surface area contributed by atoms with E-state index >= 15 is 0 Å². The van der Waals surface area contributed by atoms with Crippen molar-refractivity contribution in [2.24, 2.45) is 0 Å². The number of anilines is 1. The standard InChI is InChI=1S/C22H20ClN3O3S/c1-13-17-11-20(21(27)24-18-9-8-16(28-2)10-19(18)29-3)30-22(17)26(25-13)12-14-4-6-15(23)7-5-14/h4-11H,12H2,1-3H3,(H,24,27).